The number of fused-ring (bicyclic) bond motifs is 3. The minimum absolute atomic E-state index is 0.0107. The van der Waals surface area contributed by atoms with E-state index in [0.29, 0.717) is 29.6 Å². The van der Waals surface area contributed by atoms with E-state index in [0.717, 1.165) is 11.3 Å². The number of nitrogens with zero attached hydrogens (tertiary/aromatic N) is 1. The Hall–Kier alpha value is -2.04. The minimum Gasteiger partial charge on any atom is -0.441 e. The van der Waals surface area contributed by atoms with Crippen molar-refractivity contribution in [2.45, 2.75) is 12.8 Å². The number of aromatic nitrogens is 1. The van der Waals surface area contributed by atoms with Gasteiger partial charge in [0.1, 0.15) is 5.52 Å². The number of nitrogen functional groups attached to an aromatic ring is 1. The lowest BCUT2D eigenvalue weighted by Crippen LogP contribution is -2.19. The maximum absolute atomic E-state index is 11.3. The average molecular weight is 203 g/mol. The molecule has 0 saturated heterocycles. The minimum atomic E-state index is 0.0107. The van der Waals surface area contributed by atoms with Crippen molar-refractivity contribution >= 4 is 28.4 Å². The van der Waals surface area contributed by atoms with Crippen molar-refractivity contribution in [2.75, 3.05) is 11.1 Å². The molecule has 1 aromatic heterocycles. The lowest BCUT2D eigenvalue weighted by atomic mass is 10.0. The molecule has 0 spiro atoms. The summed E-state index contributed by atoms with van der Waals surface area (Å²) in [6.45, 7) is 0. The molecule has 5 nitrogen and oxygen atoms in total. The van der Waals surface area contributed by atoms with Gasteiger partial charge in [0.15, 0.2) is 12.0 Å². The maximum Gasteiger partial charge on any atom is 0.224 e. The van der Waals surface area contributed by atoms with Crippen LogP contribution in [0, 0.1) is 0 Å². The normalized spacial score (nSPS) is 15.1. The van der Waals surface area contributed by atoms with E-state index >= 15 is 0 Å². The van der Waals surface area contributed by atoms with Gasteiger partial charge in [0.2, 0.25) is 5.91 Å². The number of aryl methyl sites for hydroxylation is 1. The van der Waals surface area contributed by atoms with E-state index in [1.807, 2.05) is 6.07 Å². The molecule has 3 rings (SSSR count). The predicted molar refractivity (Wildman–Crippen MR) is 55.4 cm³/mol. The molecule has 1 amide bonds. The zero-order valence-corrected chi connectivity index (χ0v) is 7.91. The number of nitrogens with one attached hydrogen (secondary N) is 1. The molecular weight excluding hydrogens is 194 g/mol. The second-order valence-corrected chi connectivity index (χ2v) is 3.58. The molecule has 76 valence electrons. The molecule has 1 aliphatic heterocycles. The molecule has 0 fully saturated rings. The number of benzene rings is 1. The van der Waals surface area contributed by atoms with Crippen LogP contribution in [-0.4, -0.2) is 10.9 Å². The van der Waals surface area contributed by atoms with Gasteiger partial charge in [-0.2, -0.15) is 0 Å². The quantitative estimate of drug-likeness (QED) is 0.632. The van der Waals surface area contributed by atoms with Crippen LogP contribution in [0.3, 0.4) is 0 Å². The van der Waals surface area contributed by atoms with Gasteiger partial charge in [0, 0.05) is 6.42 Å². The van der Waals surface area contributed by atoms with Crippen LogP contribution < -0.4 is 11.1 Å². The van der Waals surface area contributed by atoms with Crippen molar-refractivity contribution in [2.24, 2.45) is 0 Å². The molecule has 0 atom stereocenters. The fourth-order valence-electron chi connectivity index (χ4n) is 1.89. The molecule has 0 saturated carbocycles. The van der Waals surface area contributed by atoms with Gasteiger partial charge in [-0.05, 0) is 18.1 Å². The van der Waals surface area contributed by atoms with Crippen LogP contribution in [0.15, 0.2) is 16.9 Å². The fraction of sp³-hybridized carbons (Fsp3) is 0.200. The summed E-state index contributed by atoms with van der Waals surface area (Å²) in [5.74, 6) is 0.0107. The van der Waals surface area contributed by atoms with Gasteiger partial charge in [0.25, 0.3) is 0 Å². The van der Waals surface area contributed by atoms with Crippen LogP contribution in [0.4, 0.5) is 11.4 Å². The van der Waals surface area contributed by atoms with Gasteiger partial charge in [0.05, 0.1) is 11.4 Å². The molecule has 0 radical (unpaired) electrons. The summed E-state index contributed by atoms with van der Waals surface area (Å²) in [6, 6.07) is 1.84. The Morgan fingerprint density at radius 1 is 1.47 bits per heavy atom. The summed E-state index contributed by atoms with van der Waals surface area (Å²) in [6.07, 6.45) is 2.53. The van der Waals surface area contributed by atoms with Crippen molar-refractivity contribution in [1.82, 2.24) is 4.98 Å². The maximum atomic E-state index is 11.3. The van der Waals surface area contributed by atoms with Crippen LogP contribution in [-0.2, 0) is 11.2 Å². The Kier molecular flexibility index (Phi) is 1.50. The SMILES string of the molecule is Nc1cc2c(c3ncoc13)NC(=O)CC2. The Labute approximate surface area is 85.3 Å². The summed E-state index contributed by atoms with van der Waals surface area (Å²) < 4.78 is 5.16. The first-order valence-corrected chi connectivity index (χ1v) is 4.70. The number of oxazole rings is 1. The van der Waals surface area contributed by atoms with Gasteiger partial charge in [-0.3, -0.25) is 4.79 Å². The zero-order chi connectivity index (χ0) is 10.4. The van der Waals surface area contributed by atoms with Gasteiger partial charge in [-0.25, -0.2) is 4.98 Å². The number of hydrogen-bond donors (Lipinski definition) is 2. The zero-order valence-electron chi connectivity index (χ0n) is 7.91. The first-order valence-electron chi connectivity index (χ1n) is 4.70. The van der Waals surface area contributed by atoms with Crippen molar-refractivity contribution < 1.29 is 9.21 Å². The van der Waals surface area contributed by atoms with E-state index < -0.39 is 0 Å². The van der Waals surface area contributed by atoms with Crippen LogP contribution in [0.5, 0.6) is 0 Å². The number of amides is 1. The van der Waals surface area contributed by atoms with E-state index in [1.54, 1.807) is 0 Å². The highest BCUT2D eigenvalue weighted by atomic mass is 16.3. The molecule has 0 unspecified atom stereocenters. The smallest absolute Gasteiger partial charge is 0.224 e. The van der Waals surface area contributed by atoms with Crippen molar-refractivity contribution in [3.8, 4) is 0 Å². The monoisotopic (exact) mass is 203 g/mol. The Bertz CT molecular complexity index is 559. The first kappa shape index (κ1) is 8.28. The number of rotatable bonds is 0. The lowest BCUT2D eigenvalue weighted by Gasteiger charge is -2.17. The number of anilines is 2. The highest BCUT2D eigenvalue weighted by Crippen LogP contribution is 2.34. The third-order valence-corrected chi connectivity index (χ3v) is 2.60. The van der Waals surface area contributed by atoms with Crippen LogP contribution >= 0.6 is 0 Å². The standard InChI is InChI=1S/C10H9N3O2/c11-6-3-5-1-2-7(14)13-8(5)9-10(6)15-4-12-9/h3-4H,1-2,11H2,(H,13,14). The largest absolute Gasteiger partial charge is 0.441 e. The highest BCUT2D eigenvalue weighted by molar-refractivity contribution is 6.05. The molecule has 15 heavy (non-hydrogen) atoms. The molecule has 0 aliphatic carbocycles. The van der Waals surface area contributed by atoms with Gasteiger partial charge < -0.3 is 15.5 Å². The number of nitrogens with two attached hydrogens (primary N) is 1. The Morgan fingerprint density at radius 3 is 3.20 bits per heavy atom. The molecule has 5 heteroatoms. The second kappa shape index (κ2) is 2.73. The van der Waals surface area contributed by atoms with E-state index in [1.165, 1.54) is 6.39 Å². The summed E-state index contributed by atoms with van der Waals surface area (Å²) in [7, 11) is 0. The van der Waals surface area contributed by atoms with Gasteiger partial charge in [-0.1, -0.05) is 0 Å². The van der Waals surface area contributed by atoms with Crippen molar-refractivity contribution in [1.29, 1.82) is 0 Å². The number of carbonyl (C=O) groups excluding carboxylic acids is 1. The first-order chi connectivity index (χ1) is 7.25. The number of hydrogen-bond acceptors (Lipinski definition) is 4. The average Bonchev–Trinajstić information content (AvgIpc) is 2.69. The number of carbonyl (C=O) groups is 1. The molecule has 3 N–H and O–H groups in total. The molecule has 2 aromatic rings. The van der Waals surface area contributed by atoms with E-state index in [9.17, 15) is 4.79 Å². The van der Waals surface area contributed by atoms with E-state index in [4.69, 9.17) is 10.2 Å². The molecule has 2 heterocycles. The third kappa shape index (κ3) is 1.09. The van der Waals surface area contributed by atoms with Crippen molar-refractivity contribution in [3.63, 3.8) is 0 Å². The van der Waals surface area contributed by atoms with Gasteiger partial charge in [-0.15, -0.1) is 0 Å². The van der Waals surface area contributed by atoms with E-state index in [2.05, 4.69) is 10.3 Å². The Morgan fingerprint density at radius 2 is 2.33 bits per heavy atom. The van der Waals surface area contributed by atoms with Crippen molar-refractivity contribution in [3.05, 3.63) is 18.0 Å². The predicted octanol–water partition coefficient (Wildman–Crippen LogP) is 1.29. The summed E-state index contributed by atoms with van der Waals surface area (Å²) >= 11 is 0. The Balaban J connectivity index is 2.35. The topological polar surface area (TPSA) is 81.2 Å². The summed E-state index contributed by atoms with van der Waals surface area (Å²) in [5, 5.41) is 2.80. The molecule has 0 bridgehead atoms. The molecule has 1 aromatic carbocycles. The van der Waals surface area contributed by atoms with Crippen LogP contribution in [0.1, 0.15) is 12.0 Å². The second-order valence-electron chi connectivity index (χ2n) is 3.58. The lowest BCUT2D eigenvalue weighted by molar-refractivity contribution is -0.116. The fourth-order valence-corrected chi connectivity index (χ4v) is 1.89. The third-order valence-electron chi connectivity index (χ3n) is 2.60. The molecule has 1 aliphatic rings. The van der Waals surface area contributed by atoms with Crippen LogP contribution in [0.25, 0.3) is 11.1 Å². The summed E-state index contributed by atoms with van der Waals surface area (Å²) in [4.78, 5) is 15.3. The van der Waals surface area contributed by atoms with E-state index in [-0.39, 0.29) is 5.91 Å². The highest BCUT2D eigenvalue weighted by Gasteiger charge is 2.20. The van der Waals surface area contributed by atoms with Gasteiger partial charge >= 0.3 is 0 Å². The summed E-state index contributed by atoms with van der Waals surface area (Å²) in [5.41, 5.74) is 9.32. The van der Waals surface area contributed by atoms with Crippen LogP contribution in [0.2, 0.25) is 0 Å². The molecular formula is C10H9N3O2.